The fourth-order valence-electron chi connectivity index (χ4n) is 3.29. The molecule has 0 amide bonds. The van der Waals surface area contributed by atoms with Gasteiger partial charge in [0.1, 0.15) is 6.54 Å². The van der Waals surface area contributed by atoms with E-state index in [0.717, 1.165) is 11.3 Å². The number of ketones is 1. The van der Waals surface area contributed by atoms with Crippen molar-refractivity contribution in [2.75, 3.05) is 32.1 Å². The minimum absolute atomic E-state index is 0.161. The fraction of sp³-hybridized carbons (Fsp3) is 0.316. The van der Waals surface area contributed by atoms with Crippen molar-refractivity contribution in [2.45, 2.75) is 13.0 Å². The van der Waals surface area contributed by atoms with Crippen molar-refractivity contribution < 1.29 is 4.79 Å². The van der Waals surface area contributed by atoms with E-state index in [0.29, 0.717) is 42.9 Å². The molecule has 4 rings (SSSR count). The van der Waals surface area contributed by atoms with Crippen LogP contribution < -0.4 is 4.90 Å². The number of hydrogen-bond donors (Lipinski definition) is 0. The lowest BCUT2D eigenvalue weighted by atomic mass is 10.0. The van der Waals surface area contributed by atoms with Gasteiger partial charge in [0.2, 0.25) is 5.95 Å². The smallest absolute Gasteiger partial charge is 0.232 e. The van der Waals surface area contributed by atoms with Crippen molar-refractivity contribution in [3.63, 3.8) is 0 Å². The molecule has 9 nitrogen and oxygen atoms in total. The maximum absolute atomic E-state index is 12.3. The number of hydrogen-bond acceptors (Lipinski definition) is 7. The molecule has 3 heterocycles. The number of benzene rings is 1. The van der Waals surface area contributed by atoms with Crippen molar-refractivity contribution >= 4 is 23.3 Å². The SMILES string of the molecule is CN(C)/C=C1/CN(c2nnc(Cn3nccn3)n2-c2ccc(Cl)cc2)CCC1=O. The Morgan fingerprint density at radius 3 is 2.55 bits per heavy atom. The molecule has 0 atom stereocenters. The van der Waals surface area contributed by atoms with Crippen LogP contribution in [0.1, 0.15) is 12.2 Å². The summed E-state index contributed by atoms with van der Waals surface area (Å²) in [6.45, 7) is 1.42. The van der Waals surface area contributed by atoms with Crippen LogP contribution in [0.4, 0.5) is 5.95 Å². The van der Waals surface area contributed by atoms with E-state index >= 15 is 0 Å². The summed E-state index contributed by atoms with van der Waals surface area (Å²) >= 11 is 6.08. The third-order valence-electron chi connectivity index (χ3n) is 4.57. The summed E-state index contributed by atoms with van der Waals surface area (Å²) in [5, 5.41) is 17.8. The Hall–Kier alpha value is -3.20. The lowest BCUT2D eigenvalue weighted by Crippen LogP contribution is -2.38. The molecular weight excluding hydrogens is 392 g/mol. The van der Waals surface area contributed by atoms with E-state index in [1.165, 1.54) is 0 Å². The molecular formula is C19H21ClN8O. The average molecular weight is 413 g/mol. The molecule has 150 valence electrons. The van der Waals surface area contributed by atoms with Crippen LogP contribution in [0.5, 0.6) is 0 Å². The molecule has 1 saturated heterocycles. The first-order valence-corrected chi connectivity index (χ1v) is 9.58. The van der Waals surface area contributed by atoms with Crippen molar-refractivity contribution in [2.24, 2.45) is 0 Å². The summed E-state index contributed by atoms with van der Waals surface area (Å²) < 4.78 is 1.96. The monoisotopic (exact) mass is 412 g/mol. The number of carbonyl (C=O) groups is 1. The van der Waals surface area contributed by atoms with Crippen LogP contribution in [0.15, 0.2) is 48.4 Å². The summed E-state index contributed by atoms with van der Waals surface area (Å²) in [7, 11) is 3.81. The quantitative estimate of drug-likeness (QED) is 0.590. The second kappa shape index (κ2) is 8.04. The number of nitrogens with zero attached hydrogens (tertiary/aromatic N) is 8. The highest BCUT2D eigenvalue weighted by atomic mass is 35.5. The van der Waals surface area contributed by atoms with Gasteiger partial charge in [-0.1, -0.05) is 11.6 Å². The second-order valence-electron chi connectivity index (χ2n) is 7.00. The highest BCUT2D eigenvalue weighted by Gasteiger charge is 2.27. The molecule has 0 saturated carbocycles. The highest BCUT2D eigenvalue weighted by Crippen LogP contribution is 2.25. The summed E-state index contributed by atoms with van der Waals surface area (Å²) in [5.74, 6) is 1.52. The van der Waals surface area contributed by atoms with Gasteiger partial charge in [-0.3, -0.25) is 9.36 Å². The maximum atomic E-state index is 12.3. The van der Waals surface area contributed by atoms with Crippen LogP contribution in [-0.2, 0) is 11.3 Å². The van der Waals surface area contributed by atoms with Crippen LogP contribution >= 0.6 is 11.6 Å². The van der Waals surface area contributed by atoms with E-state index in [-0.39, 0.29) is 5.78 Å². The van der Waals surface area contributed by atoms with Gasteiger partial charge < -0.3 is 9.80 Å². The van der Waals surface area contributed by atoms with Crippen LogP contribution in [-0.4, -0.2) is 67.6 Å². The zero-order valence-corrected chi connectivity index (χ0v) is 17.0. The Morgan fingerprint density at radius 1 is 1.14 bits per heavy atom. The average Bonchev–Trinajstić information content (AvgIpc) is 3.34. The van der Waals surface area contributed by atoms with Gasteiger partial charge in [-0.2, -0.15) is 15.0 Å². The van der Waals surface area contributed by atoms with E-state index < -0.39 is 0 Å². The Kier molecular flexibility index (Phi) is 5.30. The predicted molar refractivity (Wildman–Crippen MR) is 109 cm³/mol. The van der Waals surface area contributed by atoms with Crippen molar-refractivity contribution in [1.29, 1.82) is 0 Å². The van der Waals surface area contributed by atoms with Crippen LogP contribution in [0, 0.1) is 0 Å². The van der Waals surface area contributed by atoms with Crippen molar-refractivity contribution in [3.05, 3.63) is 59.3 Å². The second-order valence-corrected chi connectivity index (χ2v) is 7.44. The molecule has 1 aromatic carbocycles. The number of rotatable bonds is 5. The van der Waals surface area contributed by atoms with Crippen molar-refractivity contribution in [3.8, 4) is 5.69 Å². The summed E-state index contributed by atoms with van der Waals surface area (Å²) in [5.41, 5.74) is 1.63. The zero-order valence-electron chi connectivity index (χ0n) is 16.2. The molecule has 1 aliphatic rings. The molecule has 0 aliphatic carbocycles. The number of halogens is 1. The van der Waals surface area contributed by atoms with Crippen LogP contribution in [0.25, 0.3) is 5.69 Å². The first kappa shape index (κ1) is 19.1. The standard InChI is InChI=1S/C19H21ClN8O/c1-25(2)11-14-12-26(10-7-17(14)29)19-24-23-18(13-27-21-8-9-22-27)28(19)16-5-3-15(20)4-6-16/h3-6,8-9,11H,7,10,12-13H2,1-2H3/b14-11-. The van der Waals surface area contributed by atoms with E-state index in [9.17, 15) is 4.79 Å². The summed E-state index contributed by atoms with van der Waals surface area (Å²) in [4.78, 5) is 17.8. The zero-order chi connectivity index (χ0) is 20.4. The van der Waals surface area contributed by atoms with E-state index in [2.05, 4.69) is 25.3 Å². The van der Waals surface area contributed by atoms with E-state index in [1.807, 2.05) is 54.0 Å². The highest BCUT2D eigenvalue weighted by molar-refractivity contribution is 6.30. The molecule has 29 heavy (non-hydrogen) atoms. The molecule has 0 radical (unpaired) electrons. The molecule has 1 aliphatic heterocycles. The Bertz CT molecular complexity index is 1020. The van der Waals surface area contributed by atoms with Gasteiger partial charge in [-0.25, -0.2) is 0 Å². The first-order chi connectivity index (χ1) is 14.0. The predicted octanol–water partition coefficient (Wildman–Crippen LogP) is 1.79. The van der Waals surface area contributed by atoms with Gasteiger partial charge in [0.05, 0.1) is 24.6 Å². The number of Topliss-reactive ketones (excluding diaryl/α,β-unsaturated/α-hetero) is 1. The maximum Gasteiger partial charge on any atom is 0.232 e. The number of aromatic nitrogens is 6. The Morgan fingerprint density at radius 2 is 1.86 bits per heavy atom. The minimum Gasteiger partial charge on any atom is -0.383 e. The van der Waals surface area contributed by atoms with Gasteiger partial charge in [-0.15, -0.1) is 10.2 Å². The molecule has 0 N–H and O–H groups in total. The lowest BCUT2D eigenvalue weighted by Gasteiger charge is -2.29. The minimum atomic E-state index is 0.161. The largest absolute Gasteiger partial charge is 0.383 e. The van der Waals surface area contributed by atoms with Gasteiger partial charge in [-0.05, 0) is 24.3 Å². The number of piperidine rings is 1. The number of anilines is 1. The fourth-order valence-corrected chi connectivity index (χ4v) is 3.41. The van der Waals surface area contributed by atoms with Gasteiger partial charge in [0, 0.05) is 43.9 Å². The van der Waals surface area contributed by atoms with E-state index in [4.69, 9.17) is 11.6 Å². The molecule has 0 spiro atoms. The van der Waals surface area contributed by atoms with Gasteiger partial charge in [0.25, 0.3) is 0 Å². The number of carbonyl (C=O) groups excluding carboxylic acids is 1. The van der Waals surface area contributed by atoms with Crippen LogP contribution in [0.2, 0.25) is 5.02 Å². The first-order valence-electron chi connectivity index (χ1n) is 9.21. The summed E-state index contributed by atoms with van der Waals surface area (Å²) in [6, 6.07) is 7.49. The Labute approximate surface area is 173 Å². The molecule has 0 bridgehead atoms. The topological polar surface area (TPSA) is 85.0 Å². The third kappa shape index (κ3) is 4.14. The normalized spacial score (nSPS) is 15.9. The molecule has 2 aromatic heterocycles. The summed E-state index contributed by atoms with van der Waals surface area (Å²) in [6.07, 6.45) is 5.55. The molecule has 10 heteroatoms. The molecule has 1 fully saturated rings. The van der Waals surface area contributed by atoms with E-state index in [1.54, 1.807) is 17.2 Å². The Balaban J connectivity index is 1.74. The molecule has 3 aromatic rings. The third-order valence-corrected chi connectivity index (χ3v) is 4.82. The van der Waals surface area contributed by atoms with Crippen LogP contribution in [0.3, 0.4) is 0 Å². The van der Waals surface area contributed by atoms with Crippen molar-refractivity contribution in [1.82, 2.24) is 34.7 Å². The molecule has 0 unspecified atom stereocenters. The van der Waals surface area contributed by atoms with Gasteiger partial charge in [0.15, 0.2) is 11.6 Å². The van der Waals surface area contributed by atoms with Gasteiger partial charge >= 0.3 is 0 Å². The lowest BCUT2D eigenvalue weighted by molar-refractivity contribution is -0.116.